The van der Waals surface area contributed by atoms with Gasteiger partial charge < -0.3 is 19.2 Å². The fourth-order valence-electron chi connectivity index (χ4n) is 4.36. The Morgan fingerprint density at radius 2 is 1.55 bits per heavy atom. The number of benzene rings is 3. The van der Waals surface area contributed by atoms with E-state index in [1.165, 1.54) is 6.07 Å². The van der Waals surface area contributed by atoms with Gasteiger partial charge in [-0.1, -0.05) is 18.2 Å². The second-order valence-corrected chi connectivity index (χ2v) is 8.81. The molecule has 6 rings (SSSR count). The van der Waals surface area contributed by atoms with E-state index in [4.69, 9.17) is 9.72 Å². The molecule has 6 aromatic rings. The largest absolute Gasteiger partial charge is 0.457 e. The molecule has 0 fully saturated rings. The highest BCUT2D eigenvalue weighted by atomic mass is 19.4. The predicted octanol–water partition coefficient (Wildman–Crippen LogP) is 7.08. The second-order valence-electron chi connectivity index (χ2n) is 8.81. The molecule has 0 saturated carbocycles. The number of ether oxygens (including phenoxy) is 1. The number of aryl methyl sites for hydroxylation is 2. The number of imidazole rings is 2. The molecule has 1 N–H and O–H groups in total. The minimum atomic E-state index is -4.42. The molecule has 3 aromatic carbocycles. The first kappa shape index (κ1) is 23.5. The highest BCUT2D eigenvalue weighted by Crippen LogP contribution is 2.33. The van der Waals surface area contributed by atoms with Crippen molar-refractivity contribution in [1.29, 1.82) is 0 Å². The van der Waals surface area contributed by atoms with E-state index < -0.39 is 11.7 Å². The van der Waals surface area contributed by atoms with Crippen molar-refractivity contribution in [2.24, 2.45) is 14.1 Å². The summed E-state index contributed by atoms with van der Waals surface area (Å²) in [5.41, 5.74) is 3.55. The summed E-state index contributed by atoms with van der Waals surface area (Å²) in [7, 11) is 3.73. The van der Waals surface area contributed by atoms with Crippen molar-refractivity contribution in [3.05, 3.63) is 90.6 Å². The predicted molar refractivity (Wildman–Crippen MR) is 139 cm³/mol. The van der Waals surface area contributed by atoms with Crippen molar-refractivity contribution in [1.82, 2.24) is 24.1 Å². The topological polar surface area (TPSA) is 69.8 Å². The molecular weight excluding hydrogens is 493 g/mol. The monoisotopic (exact) mass is 514 g/mol. The van der Waals surface area contributed by atoms with Gasteiger partial charge in [-0.05, 0) is 48.5 Å². The molecule has 0 atom stereocenters. The summed E-state index contributed by atoms with van der Waals surface area (Å²) in [6.45, 7) is 0. The van der Waals surface area contributed by atoms with Gasteiger partial charge in [-0.2, -0.15) is 13.2 Å². The zero-order chi connectivity index (χ0) is 26.4. The van der Waals surface area contributed by atoms with Gasteiger partial charge in [-0.15, -0.1) is 0 Å². The number of hydrogen-bond donors (Lipinski definition) is 1. The maximum Gasteiger partial charge on any atom is 0.416 e. The zero-order valence-electron chi connectivity index (χ0n) is 20.4. The van der Waals surface area contributed by atoms with Crippen molar-refractivity contribution in [2.45, 2.75) is 6.18 Å². The van der Waals surface area contributed by atoms with Crippen LogP contribution in [0.25, 0.3) is 33.6 Å². The van der Waals surface area contributed by atoms with Crippen LogP contribution in [-0.2, 0) is 20.3 Å². The zero-order valence-corrected chi connectivity index (χ0v) is 20.4. The smallest absolute Gasteiger partial charge is 0.416 e. The van der Waals surface area contributed by atoms with E-state index >= 15 is 0 Å². The molecule has 3 aromatic heterocycles. The molecule has 10 heteroatoms. The van der Waals surface area contributed by atoms with Crippen LogP contribution in [0, 0.1) is 0 Å². The number of nitrogens with zero attached hydrogens (tertiary/aromatic N) is 5. The van der Waals surface area contributed by atoms with Gasteiger partial charge in [-0.3, -0.25) is 4.98 Å². The summed E-state index contributed by atoms with van der Waals surface area (Å²) < 4.78 is 49.2. The number of hydrogen-bond acceptors (Lipinski definition) is 5. The van der Waals surface area contributed by atoms with Crippen molar-refractivity contribution >= 4 is 33.7 Å². The molecule has 0 spiro atoms. The first-order valence-corrected chi connectivity index (χ1v) is 11.7. The van der Waals surface area contributed by atoms with E-state index in [1.54, 1.807) is 36.0 Å². The van der Waals surface area contributed by atoms with Crippen LogP contribution in [0.2, 0.25) is 0 Å². The fourth-order valence-corrected chi connectivity index (χ4v) is 4.36. The molecule has 3 heterocycles. The normalized spacial score (nSPS) is 11.8. The molecule has 7 nitrogen and oxygen atoms in total. The maximum atomic E-state index is 13.1. The minimum absolute atomic E-state index is 0.293. The third-order valence-electron chi connectivity index (χ3n) is 6.28. The number of para-hydroxylation sites is 2. The van der Waals surface area contributed by atoms with Crippen LogP contribution >= 0.6 is 0 Å². The summed E-state index contributed by atoms with van der Waals surface area (Å²) in [6, 6.07) is 21.9. The van der Waals surface area contributed by atoms with Crippen LogP contribution < -0.4 is 10.1 Å². The molecule has 0 saturated heterocycles. The Morgan fingerprint density at radius 1 is 0.763 bits per heavy atom. The van der Waals surface area contributed by atoms with E-state index in [-0.39, 0.29) is 0 Å². The van der Waals surface area contributed by atoms with Gasteiger partial charge in [-0.25, -0.2) is 9.97 Å². The summed E-state index contributed by atoms with van der Waals surface area (Å²) in [6.07, 6.45) is -2.76. The summed E-state index contributed by atoms with van der Waals surface area (Å²) in [5.74, 6) is 2.27. The number of alkyl halides is 3. The van der Waals surface area contributed by atoms with Crippen molar-refractivity contribution in [3.8, 4) is 23.0 Å². The average Bonchev–Trinajstić information content (AvgIpc) is 3.40. The molecule has 38 heavy (non-hydrogen) atoms. The number of halogens is 3. The Balaban J connectivity index is 1.27. The van der Waals surface area contributed by atoms with Crippen LogP contribution in [0.1, 0.15) is 5.56 Å². The lowest BCUT2D eigenvalue weighted by molar-refractivity contribution is -0.137. The van der Waals surface area contributed by atoms with E-state index in [2.05, 4.69) is 15.3 Å². The fraction of sp³-hybridized carbons (Fsp3) is 0.107. The Morgan fingerprint density at radius 3 is 2.37 bits per heavy atom. The maximum absolute atomic E-state index is 13.1. The number of fused-ring (bicyclic) bond motifs is 2. The quantitative estimate of drug-likeness (QED) is 0.266. The number of aromatic nitrogens is 5. The van der Waals surface area contributed by atoms with Gasteiger partial charge in [0.1, 0.15) is 17.2 Å². The third kappa shape index (κ3) is 4.30. The van der Waals surface area contributed by atoms with Gasteiger partial charge in [0.05, 0.1) is 27.6 Å². The average molecular weight is 515 g/mol. The van der Waals surface area contributed by atoms with Crippen molar-refractivity contribution in [3.63, 3.8) is 0 Å². The molecule has 190 valence electrons. The van der Waals surface area contributed by atoms with E-state index in [0.717, 1.165) is 34.5 Å². The third-order valence-corrected chi connectivity index (χ3v) is 6.28. The van der Waals surface area contributed by atoms with Gasteiger partial charge in [0.2, 0.25) is 5.95 Å². The number of rotatable bonds is 5. The molecule has 0 aliphatic heterocycles. The highest BCUT2D eigenvalue weighted by Gasteiger charge is 2.30. The van der Waals surface area contributed by atoms with E-state index in [1.807, 2.05) is 54.1 Å². The lowest BCUT2D eigenvalue weighted by Gasteiger charge is -2.10. The number of nitrogens with one attached hydrogen (secondary N) is 1. The second kappa shape index (κ2) is 8.91. The Bertz CT molecular complexity index is 1800. The van der Waals surface area contributed by atoms with Crippen LogP contribution in [0.5, 0.6) is 11.5 Å². The van der Waals surface area contributed by atoms with Gasteiger partial charge in [0.15, 0.2) is 5.82 Å². The molecule has 0 aliphatic carbocycles. The van der Waals surface area contributed by atoms with Crippen molar-refractivity contribution < 1.29 is 17.9 Å². The minimum Gasteiger partial charge on any atom is -0.457 e. The highest BCUT2D eigenvalue weighted by molar-refractivity contribution is 5.82. The molecular formula is C28H21F3N6O. The van der Waals surface area contributed by atoms with Gasteiger partial charge >= 0.3 is 6.18 Å². The summed E-state index contributed by atoms with van der Waals surface area (Å²) in [4.78, 5) is 13.7. The van der Waals surface area contributed by atoms with Gasteiger partial charge in [0.25, 0.3) is 0 Å². The van der Waals surface area contributed by atoms with Crippen LogP contribution in [0.3, 0.4) is 0 Å². The standard InChI is InChI=1S/C28H21F3N6O/c1-36-24-9-4-3-8-21(24)34-26(36)23-16-20(12-13-32-23)38-19-10-11-25-22(15-19)35-27(37(25)2)33-18-7-5-6-17(14-18)28(29,30)31/h3-16H,1-2H3,(H,33,35). The Labute approximate surface area is 215 Å². The molecule has 0 unspecified atom stereocenters. The number of pyridine rings is 1. The van der Waals surface area contributed by atoms with Crippen LogP contribution in [-0.4, -0.2) is 24.1 Å². The number of anilines is 2. The SMILES string of the molecule is Cn1c(Nc2cccc(C(F)(F)F)c2)nc2cc(Oc3ccnc(-c4nc5ccccc5n4C)c3)ccc21. The Hall–Kier alpha value is -4.86. The lowest BCUT2D eigenvalue weighted by atomic mass is 10.2. The first-order valence-electron chi connectivity index (χ1n) is 11.7. The van der Waals surface area contributed by atoms with E-state index in [9.17, 15) is 13.2 Å². The lowest BCUT2D eigenvalue weighted by Crippen LogP contribution is -2.06. The first-order chi connectivity index (χ1) is 18.3. The van der Waals surface area contributed by atoms with Crippen LogP contribution in [0.4, 0.5) is 24.8 Å². The van der Waals surface area contributed by atoms with Crippen LogP contribution in [0.15, 0.2) is 85.1 Å². The molecule has 0 bridgehead atoms. The summed E-state index contributed by atoms with van der Waals surface area (Å²) >= 11 is 0. The molecule has 0 amide bonds. The molecule has 0 radical (unpaired) electrons. The summed E-state index contributed by atoms with van der Waals surface area (Å²) in [5, 5.41) is 2.98. The Kier molecular flexibility index (Phi) is 5.52. The van der Waals surface area contributed by atoms with E-state index in [0.29, 0.717) is 34.3 Å². The molecule has 0 aliphatic rings. The van der Waals surface area contributed by atoms with Crippen molar-refractivity contribution in [2.75, 3.05) is 5.32 Å². The van der Waals surface area contributed by atoms with Gasteiger partial charge in [0, 0.05) is 38.1 Å².